The van der Waals surface area contributed by atoms with Gasteiger partial charge in [-0.1, -0.05) is 26.7 Å². The van der Waals surface area contributed by atoms with Crippen molar-refractivity contribution in [2.24, 2.45) is 5.92 Å². The molecule has 1 aliphatic rings. The third kappa shape index (κ3) is 2.71. The highest BCUT2D eigenvalue weighted by Crippen LogP contribution is 2.19. The first-order valence-corrected chi connectivity index (χ1v) is 5.58. The van der Waals surface area contributed by atoms with E-state index in [4.69, 9.17) is 0 Å². The van der Waals surface area contributed by atoms with Crippen LogP contribution in [0.4, 0.5) is 0 Å². The van der Waals surface area contributed by atoms with Gasteiger partial charge in [-0.05, 0) is 19.3 Å². The maximum atomic E-state index is 11.8. The maximum Gasteiger partial charge on any atom is 0.225 e. The van der Waals surface area contributed by atoms with Gasteiger partial charge in [0.25, 0.3) is 0 Å². The van der Waals surface area contributed by atoms with Gasteiger partial charge >= 0.3 is 0 Å². The van der Waals surface area contributed by atoms with Crippen LogP contribution in [0.3, 0.4) is 0 Å². The summed E-state index contributed by atoms with van der Waals surface area (Å²) in [5, 5.41) is 0. The summed E-state index contributed by atoms with van der Waals surface area (Å²) in [7, 11) is 0. The fraction of sp³-hybridized carbons (Fsp3) is 0.909. The Morgan fingerprint density at radius 1 is 1.23 bits per heavy atom. The lowest BCUT2D eigenvalue weighted by molar-refractivity contribution is -0.139. The number of carbonyl (C=O) groups excluding carboxylic acids is 1. The van der Waals surface area contributed by atoms with E-state index in [2.05, 4.69) is 13.8 Å². The summed E-state index contributed by atoms with van der Waals surface area (Å²) < 4.78 is 0. The zero-order valence-electron chi connectivity index (χ0n) is 8.88. The molecule has 0 aromatic carbocycles. The van der Waals surface area contributed by atoms with Crippen molar-refractivity contribution in [2.75, 3.05) is 13.1 Å². The van der Waals surface area contributed by atoms with Gasteiger partial charge in [0.1, 0.15) is 0 Å². The molecule has 0 bridgehead atoms. The molecule has 76 valence electrons. The molecule has 13 heavy (non-hydrogen) atoms. The number of carbonyl (C=O) groups is 1. The van der Waals surface area contributed by atoms with E-state index in [0.29, 0.717) is 11.8 Å². The van der Waals surface area contributed by atoms with Crippen molar-refractivity contribution < 1.29 is 4.79 Å². The summed E-state index contributed by atoms with van der Waals surface area (Å²) in [6.07, 6.45) is 5.61. The normalized spacial score (nSPS) is 16.1. The minimum absolute atomic E-state index is 0.315. The molecule has 2 nitrogen and oxygen atoms in total. The number of hydrogen-bond donors (Lipinski definition) is 0. The summed E-state index contributed by atoms with van der Waals surface area (Å²) in [4.78, 5) is 13.8. The second kappa shape index (κ2) is 5.25. The maximum absolute atomic E-state index is 11.8. The summed E-state index contributed by atoms with van der Waals surface area (Å²) in [6, 6.07) is 0. The summed E-state index contributed by atoms with van der Waals surface area (Å²) in [6.45, 7) is 6.32. The van der Waals surface area contributed by atoms with E-state index in [1.807, 2.05) is 4.90 Å². The zero-order valence-corrected chi connectivity index (χ0v) is 8.88. The monoisotopic (exact) mass is 183 g/mol. The van der Waals surface area contributed by atoms with Crippen LogP contribution in [0.15, 0.2) is 0 Å². The van der Waals surface area contributed by atoms with E-state index < -0.39 is 0 Å². The van der Waals surface area contributed by atoms with Gasteiger partial charge in [-0.25, -0.2) is 0 Å². The number of nitrogens with zero attached hydrogens (tertiary/aromatic N) is 1. The number of hydrogen-bond acceptors (Lipinski definition) is 1. The van der Waals surface area contributed by atoms with Gasteiger partial charge < -0.3 is 4.90 Å². The molecule has 0 radical (unpaired) electrons. The number of amides is 1. The van der Waals surface area contributed by atoms with Crippen molar-refractivity contribution in [1.29, 1.82) is 0 Å². The topological polar surface area (TPSA) is 20.3 Å². The average Bonchev–Trinajstić information content (AvgIpc) is 2.01. The Labute approximate surface area is 81.3 Å². The molecule has 1 heterocycles. The molecule has 0 N–H and O–H groups in total. The van der Waals surface area contributed by atoms with E-state index in [9.17, 15) is 4.79 Å². The standard InChI is InChI=1S/C11H21NO/c1-3-6-10(7-4-2)11(13)12-8-5-9-12/h10H,3-9H2,1-2H3. The van der Waals surface area contributed by atoms with Crippen LogP contribution in [-0.2, 0) is 4.79 Å². The predicted octanol–water partition coefficient (Wildman–Crippen LogP) is 2.44. The van der Waals surface area contributed by atoms with Gasteiger partial charge in [0, 0.05) is 19.0 Å². The molecule has 0 aromatic heterocycles. The first-order valence-electron chi connectivity index (χ1n) is 5.58. The van der Waals surface area contributed by atoms with Gasteiger partial charge in [-0.15, -0.1) is 0 Å². The van der Waals surface area contributed by atoms with Crippen molar-refractivity contribution >= 4 is 5.91 Å². The Kier molecular flexibility index (Phi) is 4.26. The number of rotatable bonds is 5. The first kappa shape index (κ1) is 10.6. The van der Waals surface area contributed by atoms with E-state index in [1.165, 1.54) is 6.42 Å². The highest BCUT2D eigenvalue weighted by molar-refractivity contribution is 5.79. The Bertz CT molecular complexity index is 157. The van der Waals surface area contributed by atoms with E-state index in [0.717, 1.165) is 38.8 Å². The van der Waals surface area contributed by atoms with E-state index in [1.54, 1.807) is 0 Å². The van der Waals surface area contributed by atoms with Gasteiger partial charge in [0.15, 0.2) is 0 Å². The third-order valence-corrected chi connectivity index (χ3v) is 2.79. The molecule has 0 saturated carbocycles. The Hall–Kier alpha value is -0.530. The molecule has 0 atom stereocenters. The lowest BCUT2D eigenvalue weighted by atomic mass is 9.95. The van der Waals surface area contributed by atoms with Crippen LogP contribution in [0.25, 0.3) is 0 Å². The molecule has 0 unspecified atom stereocenters. The fourth-order valence-corrected chi connectivity index (χ4v) is 1.88. The van der Waals surface area contributed by atoms with Crippen LogP contribution >= 0.6 is 0 Å². The summed E-state index contributed by atoms with van der Waals surface area (Å²) in [5.74, 6) is 0.727. The zero-order chi connectivity index (χ0) is 9.68. The van der Waals surface area contributed by atoms with Crippen LogP contribution in [0, 0.1) is 5.92 Å². The third-order valence-electron chi connectivity index (χ3n) is 2.79. The highest BCUT2D eigenvalue weighted by Gasteiger charge is 2.26. The van der Waals surface area contributed by atoms with Gasteiger partial charge in [-0.2, -0.15) is 0 Å². The minimum atomic E-state index is 0.315. The second-order valence-corrected chi connectivity index (χ2v) is 3.95. The molecule has 1 fully saturated rings. The Morgan fingerprint density at radius 3 is 2.08 bits per heavy atom. The highest BCUT2D eigenvalue weighted by atomic mass is 16.2. The molecular formula is C11H21NO. The Morgan fingerprint density at radius 2 is 1.77 bits per heavy atom. The fourth-order valence-electron chi connectivity index (χ4n) is 1.88. The molecule has 1 saturated heterocycles. The molecule has 1 rings (SSSR count). The molecule has 0 aromatic rings. The smallest absolute Gasteiger partial charge is 0.225 e. The molecule has 2 heteroatoms. The average molecular weight is 183 g/mol. The molecule has 1 aliphatic heterocycles. The van der Waals surface area contributed by atoms with Crippen molar-refractivity contribution in [3.63, 3.8) is 0 Å². The number of likely N-dealkylation sites (tertiary alicyclic amines) is 1. The first-order chi connectivity index (χ1) is 6.29. The molecule has 0 spiro atoms. The van der Waals surface area contributed by atoms with Crippen LogP contribution in [0.5, 0.6) is 0 Å². The molecular weight excluding hydrogens is 162 g/mol. The Balaban J connectivity index is 2.37. The van der Waals surface area contributed by atoms with Crippen LogP contribution in [-0.4, -0.2) is 23.9 Å². The van der Waals surface area contributed by atoms with Crippen LogP contribution in [0.1, 0.15) is 46.0 Å². The minimum Gasteiger partial charge on any atom is -0.342 e. The van der Waals surface area contributed by atoms with Crippen LogP contribution < -0.4 is 0 Å². The summed E-state index contributed by atoms with van der Waals surface area (Å²) in [5.41, 5.74) is 0. The largest absolute Gasteiger partial charge is 0.342 e. The van der Waals surface area contributed by atoms with Gasteiger partial charge in [0.2, 0.25) is 5.91 Å². The molecule has 1 amide bonds. The molecule has 0 aliphatic carbocycles. The summed E-state index contributed by atoms with van der Waals surface area (Å²) >= 11 is 0. The van der Waals surface area contributed by atoms with Gasteiger partial charge in [0.05, 0.1) is 0 Å². The lowest BCUT2D eigenvalue weighted by Gasteiger charge is -2.34. The lowest BCUT2D eigenvalue weighted by Crippen LogP contribution is -2.45. The quantitative estimate of drug-likeness (QED) is 0.641. The van der Waals surface area contributed by atoms with Crippen molar-refractivity contribution in [1.82, 2.24) is 4.90 Å². The van der Waals surface area contributed by atoms with Crippen LogP contribution in [0.2, 0.25) is 0 Å². The second-order valence-electron chi connectivity index (χ2n) is 3.95. The predicted molar refractivity (Wildman–Crippen MR) is 54.5 cm³/mol. The van der Waals surface area contributed by atoms with Crippen molar-refractivity contribution in [3.05, 3.63) is 0 Å². The SMILES string of the molecule is CCCC(CCC)C(=O)N1CCC1. The van der Waals surface area contributed by atoms with E-state index in [-0.39, 0.29) is 0 Å². The van der Waals surface area contributed by atoms with Crippen molar-refractivity contribution in [3.8, 4) is 0 Å². The van der Waals surface area contributed by atoms with Crippen molar-refractivity contribution in [2.45, 2.75) is 46.0 Å². The van der Waals surface area contributed by atoms with Gasteiger partial charge in [-0.3, -0.25) is 4.79 Å². The van der Waals surface area contributed by atoms with E-state index >= 15 is 0 Å².